The van der Waals surface area contributed by atoms with Crippen molar-refractivity contribution in [3.63, 3.8) is 0 Å². The van der Waals surface area contributed by atoms with Gasteiger partial charge in [-0.05, 0) is 43.7 Å². The van der Waals surface area contributed by atoms with Gasteiger partial charge in [-0.2, -0.15) is 4.98 Å². The molecule has 2 aromatic rings. The van der Waals surface area contributed by atoms with Crippen LogP contribution in [0.3, 0.4) is 0 Å². The first kappa shape index (κ1) is 22.4. The van der Waals surface area contributed by atoms with Crippen LogP contribution in [-0.2, 0) is 9.59 Å². The van der Waals surface area contributed by atoms with Crippen molar-refractivity contribution in [1.82, 2.24) is 25.3 Å². The Labute approximate surface area is 189 Å². The number of pyridine rings is 1. The number of hydrogen-bond acceptors (Lipinski definition) is 6. The van der Waals surface area contributed by atoms with Gasteiger partial charge >= 0.3 is 0 Å². The van der Waals surface area contributed by atoms with Crippen molar-refractivity contribution >= 4 is 11.8 Å². The summed E-state index contributed by atoms with van der Waals surface area (Å²) in [6, 6.07) is 3.74. The Morgan fingerprint density at radius 2 is 2.03 bits per heavy atom. The largest absolute Gasteiger partial charge is 0.356 e. The van der Waals surface area contributed by atoms with Crippen molar-refractivity contribution in [1.29, 1.82) is 0 Å². The fraction of sp³-hybridized carbons (Fsp3) is 0.625. The highest BCUT2D eigenvalue weighted by molar-refractivity contribution is 5.79. The molecule has 1 aliphatic carbocycles. The summed E-state index contributed by atoms with van der Waals surface area (Å²) in [6.07, 6.45) is 12.8. The SMILES string of the molecule is O=C1CCN(C(=O)CCC2CCCC2)CCCC(c2nc(-c3cccnc3)no2)CCN1. The van der Waals surface area contributed by atoms with Crippen LogP contribution in [0.5, 0.6) is 0 Å². The van der Waals surface area contributed by atoms with Crippen molar-refractivity contribution < 1.29 is 14.1 Å². The molecular weight excluding hydrogens is 406 g/mol. The van der Waals surface area contributed by atoms with Gasteiger partial charge in [-0.1, -0.05) is 30.8 Å². The van der Waals surface area contributed by atoms with Crippen LogP contribution in [0.2, 0.25) is 0 Å². The molecule has 1 N–H and O–H groups in total. The molecule has 8 heteroatoms. The monoisotopic (exact) mass is 439 g/mol. The summed E-state index contributed by atoms with van der Waals surface area (Å²) in [7, 11) is 0. The molecule has 1 atom stereocenters. The minimum atomic E-state index is -0.0131. The van der Waals surface area contributed by atoms with Crippen LogP contribution in [-0.4, -0.2) is 51.5 Å². The molecule has 1 aliphatic heterocycles. The molecule has 0 aromatic carbocycles. The Kier molecular flexibility index (Phi) is 7.85. The lowest BCUT2D eigenvalue weighted by Crippen LogP contribution is -2.35. The van der Waals surface area contributed by atoms with E-state index >= 15 is 0 Å². The van der Waals surface area contributed by atoms with Gasteiger partial charge in [0.05, 0.1) is 0 Å². The number of carbonyl (C=O) groups excluding carboxylic acids is 2. The van der Waals surface area contributed by atoms with Gasteiger partial charge in [0.1, 0.15) is 0 Å². The van der Waals surface area contributed by atoms with E-state index in [2.05, 4.69) is 20.4 Å². The molecule has 1 saturated carbocycles. The van der Waals surface area contributed by atoms with E-state index in [1.165, 1.54) is 25.7 Å². The van der Waals surface area contributed by atoms with E-state index in [9.17, 15) is 9.59 Å². The fourth-order valence-corrected chi connectivity index (χ4v) is 4.79. The Hall–Kier alpha value is -2.77. The van der Waals surface area contributed by atoms with Crippen molar-refractivity contribution in [2.75, 3.05) is 19.6 Å². The second kappa shape index (κ2) is 11.2. The average Bonchev–Trinajstić information content (AvgIpc) is 3.50. The molecular formula is C24H33N5O3. The summed E-state index contributed by atoms with van der Waals surface area (Å²) < 4.78 is 5.57. The van der Waals surface area contributed by atoms with E-state index < -0.39 is 0 Å². The van der Waals surface area contributed by atoms with Gasteiger partial charge < -0.3 is 14.7 Å². The van der Waals surface area contributed by atoms with E-state index in [1.807, 2.05) is 17.0 Å². The molecule has 4 rings (SSSR count). The number of rotatable bonds is 5. The molecule has 1 unspecified atom stereocenters. The van der Waals surface area contributed by atoms with Crippen LogP contribution < -0.4 is 5.32 Å². The number of aromatic nitrogens is 3. The Bertz CT molecular complexity index is 879. The molecule has 0 radical (unpaired) electrons. The van der Waals surface area contributed by atoms with E-state index in [-0.39, 0.29) is 17.7 Å². The van der Waals surface area contributed by atoms with Gasteiger partial charge in [0, 0.05) is 56.4 Å². The molecule has 2 aromatic heterocycles. The standard InChI is InChI=1S/C24H33N5O3/c30-21-12-16-29(22(31)10-9-18-5-1-2-6-18)15-4-8-19(11-14-26-21)24-27-23(28-32-24)20-7-3-13-25-17-20/h3,7,13,17-19H,1-2,4-6,8-12,14-16H2,(H,26,30). The number of carbonyl (C=O) groups is 2. The summed E-state index contributed by atoms with van der Waals surface area (Å²) in [6.45, 7) is 1.71. The fourth-order valence-electron chi connectivity index (χ4n) is 4.79. The van der Waals surface area contributed by atoms with Gasteiger partial charge in [-0.3, -0.25) is 14.6 Å². The average molecular weight is 440 g/mol. The minimum Gasteiger partial charge on any atom is -0.356 e. The zero-order valence-electron chi connectivity index (χ0n) is 18.7. The maximum absolute atomic E-state index is 12.9. The molecule has 0 spiro atoms. The zero-order chi connectivity index (χ0) is 22.2. The zero-order valence-corrected chi connectivity index (χ0v) is 18.7. The van der Waals surface area contributed by atoms with Crippen molar-refractivity contribution in [2.24, 2.45) is 5.92 Å². The molecule has 172 valence electrons. The smallest absolute Gasteiger partial charge is 0.230 e. The molecule has 2 amide bonds. The Morgan fingerprint density at radius 3 is 2.84 bits per heavy atom. The summed E-state index contributed by atoms with van der Waals surface area (Å²) in [4.78, 5) is 35.7. The third kappa shape index (κ3) is 6.14. The highest BCUT2D eigenvalue weighted by Gasteiger charge is 2.24. The number of hydrogen-bond donors (Lipinski definition) is 1. The predicted octanol–water partition coefficient (Wildman–Crippen LogP) is 3.70. The van der Waals surface area contributed by atoms with E-state index in [1.54, 1.807) is 12.4 Å². The highest BCUT2D eigenvalue weighted by Crippen LogP contribution is 2.29. The molecule has 8 nitrogen and oxygen atoms in total. The summed E-state index contributed by atoms with van der Waals surface area (Å²) in [5.74, 6) is 2.01. The number of nitrogens with one attached hydrogen (secondary N) is 1. The summed E-state index contributed by atoms with van der Waals surface area (Å²) >= 11 is 0. The van der Waals surface area contributed by atoms with Crippen LogP contribution >= 0.6 is 0 Å². The second-order valence-electron chi connectivity index (χ2n) is 9.00. The molecule has 0 bridgehead atoms. The van der Waals surface area contributed by atoms with Crippen LogP contribution in [0.25, 0.3) is 11.4 Å². The maximum atomic E-state index is 12.9. The van der Waals surface area contributed by atoms with E-state index in [4.69, 9.17) is 4.52 Å². The van der Waals surface area contributed by atoms with Gasteiger partial charge in [0.25, 0.3) is 0 Å². The first-order valence-corrected chi connectivity index (χ1v) is 12.0. The highest BCUT2D eigenvalue weighted by atomic mass is 16.5. The first-order valence-electron chi connectivity index (χ1n) is 12.0. The third-order valence-corrected chi connectivity index (χ3v) is 6.71. The van der Waals surface area contributed by atoms with Crippen LogP contribution in [0.4, 0.5) is 0 Å². The lowest BCUT2D eigenvalue weighted by Gasteiger charge is -2.23. The quantitative estimate of drug-likeness (QED) is 0.762. The predicted molar refractivity (Wildman–Crippen MR) is 120 cm³/mol. The molecule has 2 aliphatic rings. The molecule has 32 heavy (non-hydrogen) atoms. The number of nitrogens with zero attached hydrogens (tertiary/aromatic N) is 4. The number of amides is 2. The Balaban J connectivity index is 1.37. The van der Waals surface area contributed by atoms with Gasteiger partial charge in [-0.15, -0.1) is 0 Å². The van der Waals surface area contributed by atoms with Crippen LogP contribution in [0.1, 0.15) is 76.0 Å². The maximum Gasteiger partial charge on any atom is 0.230 e. The van der Waals surface area contributed by atoms with Crippen LogP contribution in [0, 0.1) is 5.92 Å². The normalized spacial score (nSPS) is 21.2. The van der Waals surface area contributed by atoms with Gasteiger partial charge in [-0.25, -0.2) is 0 Å². The van der Waals surface area contributed by atoms with Crippen molar-refractivity contribution in [3.05, 3.63) is 30.4 Å². The second-order valence-corrected chi connectivity index (χ2v) is 9.00. The van der Waals surface area contributed by atoms with Crippen LogP contribution in [0.15, 0.2) is 29.0 Å². The summed E-state index contributed by atoms with van der Waals surface area (Å²) in [5.41, 5.74) is 0.812. The minimum absolute atomic E-state index is 0.0131. The molecule has 1 saturated heterocycles. The molecule has 2 fully saturated rings. The van der Waals surface area contributed by atoms with Gasteiger partial charge in [0.15, 0.2) is 0 Å². The molecule has 3 heterocycles. The summed E-state index contributed by atoms with van der Waals surface area (Å²) in [5, 5.41) is 7.10. The Morgan fingerprint density at radius 1 is 1.16 bits per heavy atom. The lowest BCUT2D eigenvalue weighted by molar-refractivity contribution is -0.132. The van der Waals surface area contributed by atoms with E-state index in [0.29, 0.717) is 50.1 Å². The van der Waals surface area contributed by atoms with Crippen molar-refractivity contribution in [2.45, 2.75) is 70.1 Å². The topological polar surface area (TPSA) is 101 Å². The lowest BCUT2D eigenvalue weighted by atomic mass is 9.98. The third-order valence-electron chi connectivity index (χ3n) is 6.71. The van der Waals surface area contributed by atoms with Gasteiger partial charge in [0.2, 0.25) is 23.5 Å². The first-order chi connectivity index (χ1) is 15.7. The van der Waals surface area contributed by atoms with E-state index in [0.717, 1.165) is 31.2 Å². The van der Waals surface area contributed by atoms with Crippen molar-refractivity contribution in [3.8, 4) is 11.4 Å².